The van der Waals surface area contributed by atoms with Crippen LogP contribution in [0.15, 0.2) is 66.2 Å². The number of amides is 1. The molecule has 0 spiro atoms. The minimum absolute atomic E-state index is 0.00618. The molecule has 1 atom stereocenters. The fourth-order valence-electron chi connectivity index (χ4n) is 5.83. The number of carbonyl (C=O) groups is 1. The zero-order valence-corrected chi connectivity index (χ0v) is 22.0. The van der Waals surface area contributed by atoms with Crippen LogP contribution < -0.4 is 4.74 Å². The van der Waals surface area contributed by atoms with Gasteiger partial charge in [-0.25, -0.2) is 13.8 Å². The lowest BCUT2D eigenvalue weighted by molar-refractivity contribution is -0.134. The van der Waals surface area contributed by atoms with E-state index >= 15 is 0 Å². The first-order valence-corrected chi connectivity index (χ1v) is 13.6. The van der Waals surface area contributed by atoms with Gasteiger partial charge < -0.3 is 14.6 Å². The molecule has 6 rings (SSSR count). The summed E-state index contributed by atoms with van der Waals surface area (Å²) in [5, 5.41) is 0. The smallest absolute Gasteiger partial charge is 0.227 e. The number of likely N-dealkylation sites (tertiary alicyclic amines) is 1. The Labute approximate surface area is 226 Å². The van der Waals surface area contributed by atoms with Crippen molar-refractivity contribution < 1.29 is 18.3 Å². The first-order valence-electron chi connectivity index (χ1n) is 13.6. The molecule has 5 nitrogen and oxygen atoms in total. The molecule has 39 heavy (non-hydrogen) atoms. The van der Waals surface area contributed by atoms with Crippen LogP contribution in [0, 0.1) is 18.6 Å². The van der Waals surface area contributed by atoms with E-state index < -0.39 is 11.6 Å². The molecule has 4 aromatic rings. The lowest BCUT2D eigenvalue weighted by atomic mass is 9.93. The van der Waals surface area contributed by atoms with E-state index in [4.69, 9.17) is 4.74 Å². The molecular formula is C32H31F2N3O2. The Bertz CT molecular complexity index is 1550. The largest absolute Gasteiger partial charge is 0.493 e. The second kappa shape index (κ2) is 10.6. The first kappa shape index (κ1) is 25.3. The number of hydrogen-bond acceptors (Lipinski definition) is 3. The normalized spacial score (nSPS) is 19.0. The molecule has 1 N–H and O–H groups in total. The van der Waals surface area contributed by atoms with Gasteiger partial charge in [0.25, 0.3) is 0 Å². The molecule has 1 unspecified atom stereocenters. The maximum atomic E-state index is 13.9. The molecule has 3 aromatic carbocycles. The van der Waals surface area contributed by atoms with Crippen LogP contribution in [-0.2, 0) is 11.2 Å². The van der Waals surface area contributed by atoms with Gasteiger partial charge in [-0.15, -0.1) is 0 Å². The summed E-state index contributed by atoms with van der Waals surface area (Å²) in [7, 11) is 0. The third-order valence-electron chi connectivity index (χ3n) is 7.76. The number of carbonyl (C=O) groups excluding carboxylic acids is 1. The summed E-state index contributed by atoms with van der Waals surface area (Å²) < 4.78 is 34.0. The van der Waals surface area contributed by atoms with E-state index in [0.717, 1.165) is 63.8 Å². The summed E-state index contributed by atoms with van der Waals surface area (Å²) in [6.07, 6.45) is 6.27. The van der Waals surface area contributed by atoms with Crippen LogP contribution in [0.25, 0.3) is 22.2 Å². The van der Waals surface area contributed by atoms with Gasteiger partial charge in [0.2, 0.25) is 5.91 Å². The van der Waals surface area contributed by atoms with Gasteiger partial charge in [0.15, 0.2) is 0 Å². The SMILES string of the molecule is Cc1nc2ccc(-c3ccc4c(c3)C/C=C(/CC(=O)N3CCCCC3c3cc(F)cc(F)c3)CCO4)cc2[nH]1. The highest BCUT2D eigenvalue weighted by Gasteiger charge is 2.29. The van der Waals surface area contributed by atoms with Crippen molar-refractivity contribution in [1.82, 2.24) is 14.9 Å². The highest BCUT2D eigenvalue weighted by atomic mass is 19.1. The lowest BCUT2D eigenvalue weighted by Gasteiger charge is -2.36. The van der Waals surface area contributed by atoms with Crippen molar-refractivity contribution in [2.45, 2.75) is 51.5 Å². The summed E-state index contributed by atoms with van der Waals surface area (Å²) in [4.78, 5) is 23.1. The Morgan fingerprint density at radius 2 is 1.85 bits per heavy atom. The van der Waals surface area contributed by atoms with Crippen LogP contribution in [-0.4, -0.2) is 33.9 Å². The molecule has 1 fully saturated rings. The molecule has 3 heterocycles. The van der Waals surface area contributed by atoms with E-state index in [-0.39, 0.29) is 18.4 Å². The predicted octanol–water partition coefficient (Wildman–Crippen LogP) is 7.21. The molecule has 7 heteroatoms. The number of aromatic nitrogens is 2. The Kier molecular flexibility index (Phi) is 6.90. The summed E-state index contributed by atoms with van der Waals surface area (Å²) in [5.74, 6) is 0.525. The minimum Gasteiger partial charge on any atom is -0.493 e. The molecule has 200 valence electrons. The summed E-state index contributed by atoms with van der Waals surface area (Å²) in [6, 6.07) is 15.7. The summed E-state index contributed by atoms with van der Waals surface area (Å²) in [5.41, 5.74) is 6.77. The number of imidazole rings is 1. The Morgan fingerprint density at radius 3 is 2.69 bits per heavy atom. The van der Waals surface area contributed by atoms with Gasteiger partial charge in [0.05, 0.1) is 23.7 Å². The number of rotatable bonds is 4. The van der Waals surface area contributed by atoms with Crippen molar-refractivity contribution >= 4 is 16.9 Å². The van der Waals surface area contributed by atoms with Crippen molar-refractivity contribution in [3.8, 4) is 16.9 Å². The van der Waals surface area contributed by atoms with Crippen molar-refractivity contribution in [3.63, 3.8) is 0 Å². The molecule has 0 bridgehead atoms. The maximum absolute atomic E-state index is 13.9. The standard InChI is InChI=1S/C32H31F2N3O2/c1-20-35-28-9-7-23(18-29(28)36-20)22-8-10-31-24(15-22)6-5-21(11-13-39-31)14-32(38)37-12-3-2-4-30(37)25-16-26(33)19-27(34)17-25/h5,7-10,15-19,30H,2-4,6,11-14H2,1H3,(H,35,36)/b21-5+. The fourth-order valence-corrected chi connectivity index (χ4v) is 5.83. The number of benzene rings is 3. The van der Waals surface area contributed by atoms with Crippen LogP contribution in [0.3, 0.4) is 0 Å². The number of fused-ring (bicyclic) bond motifs is 2. The number of aromatic amines is 1. The van der Waals surface area contributed by atoms with Gasteiger partial charge >= 0.3 is 0 Å². The van der Waals surface area contributed by atoms with Crippen LogP contribution in [0.1, 0.15) is 55.1 Å². The number of hydrogen-bond donors (Lipinski definition) is 1. The highest BCUT2D eigenvalue weighted by molar-refractivity contribution is 5.82. The predicted molar refractivity (Wildman–Crippen MR) is 147 cm³/mol. The number of piperidine rings is 1. The molecule has 0 radical (unpaired) electrons. The topological polar surface area (TPSA) is 58.2 Å². The number of nitrogens with zero attached hydrogens (tertiary/aromatic N) is 2. The van der Waals surface area contributed by atoms with Gasteiger partial charge in [-0.2, -0.15) is 0 Å². The molecule has 1 saturated heterocycles. The van der Waals surface area contributed by atoms with E-state index in [2.05, 4.69) is 40.3 Å². The van der Waals surface area contributed by atoms with Gasteiger partial charge in [0.1, 0.15) is 23.2 Å². The maximum Gasteiger partial charge on any atom is 0.227 e. The van der Waals surface area contributed by atoms with Crippen LogP contribution in [0.4, 0.5) is 8.78 Å². The molecule has 1 aromatic heterocycles. The van der Waals surface area contributed by atoms with Crippen molar-refractivity contribution in [1.29, 1.82) is 0 Å². The van der Waals surface area contributed by atoms with Crippen LogP contribution in [0.5, 0.6) is 5.75 Å². The zero-order valence-electron chi connectivity index (χ0n) is 22.0. The van der Waals surface area contributed by atoms with E-state index in [9.17, 15) is 13.6 Å². The first-order chi connectivity index (χ1) is 18.9. The number of allylic oxidation sites excluding steroid dienone is 1. The van der Waals surface area contributed by atoms with Crippen LogP contribution in [0.2, 0.25) is 0 Å². The third-order valence-corrected chi connectivity index (χ3v) is 7.76. The Hall–Kier alpha value is -4.00. The van der Waals surface area contributed by atoms with E-state index in [0.29, 0.717) is 38.0 Å². The molecule has 0 saturated carbocycles. The Balaban J connectivity index is 1.20. The number of halogens is 2. The van der Waals surface area contributed by atoms with E-state index in [1.54, 1.807) is 4.90 Å². The van der Waals surface area contributed by atoms with E-state index in [1.165, 1.54) is 12.1 Å². The van der Waals surface area contributed by atoms with Crippen molar-refractivity contribution in [3.05, 3.63) is 94.8 Å². The van der Waals surface area contributed by atoms with E-state index in [1.807, 2.05) is 19.1 Å². The average Bonchev–Trinajstić information content (AvgIpc) is 3.29. The lowest BCUT2D eigenvalue weighted by Crippen LogP contribution is -2.38. The van der Waals surface area contributed by atoms with Gasteiger partial charge in [0, 0.05) is 25.5 Å². The molecule has 2 aliphatic rings. The van der Waals surface area contributed by atoms with Gasteiger partial charge in [-0.1, -0.05) is 23.8 Å². The number of nitrogens with one attached hydrogen (secondary N) is 1. The fraction of sp³-hybridized carbons (Fsp3) is 0.312. The number of H-pyrrole nitrogens is 1. The van der Waals surface area contributed by atoms with Gasteiger partial charge in [-0.05, 0) is 91.3 Å². The molecule has 2 aliphatic heterocycles. The highest BCUT2D eigenvalue weighted by Crippen LogP contribution is 2.34. The van der Waals surface area contributed by atoms with Crippen molar-refractivity contribution in [2.24, 2.45) is 0 Å². The quantitative estimate of drug-likeness (QED) is 0.285. The third kappa shape index (κ3) is 5.44. The zero-order chi connectivity index (χ0) is 26.9. The molecule has 0 aliphatic carbocycles. The molecular weight excluding hydrogens is 496 g/mol. The van der Waals surface area contributed by atoms with Crippen molar-refractivity contribution in [2.75, 3.05) is 13.2 Å². The second-order valence-corrected chi connectivity index (χ2v) is 10.5. The Morgan fingerprint density at radius 1 is 1.05 bits per heavy atom. The summed E-state index contributed by atoms with van der Waals surface area (Å²) in [6.45, 7) is 3.03. The minimum atomic E-state index is -0.611. The molecule has 1 amide bonds. The average molecular weight is 528 g/mol. The van der Waals surface area contributed by atoms with Gasteiger partial charge in [-0.3, -0.25) is 4.79 Å². The summed E-state index contributed by atoms with van der Waals surface area (Å²) >= 11 is 0. The number of ether oxygens (including phenoxy) is 1. The monoisotopic (exact) mass is 527 g/mol. The second-order valence-electron chi connectivity index (χ2n) is 10.5. The number of aryl methyl sites for hydroxylation is 1. The van der Waals surface area contributed by atoms with Crippen LogP contribution >= 0.6 is 0 Å².